The Bertz CT molecular complexity index is 1160. The first-order chi connectivity index (χ1) is 15.5. The molecule has 2 N–H and O–H groups in total. The SMILES string of the molecule is COc1cccc(C(=O)NCCc2nnc(NC(=O)/C=C/c3ccccc3[N+](=O)[O-])s2)c1. The molecule has 0 bridgehead atoms. The third kappa shape index (κ3) is 6.19. The largest absolute Gasteiger partial charge is 0.497 e. The second-order valence-electron chi connectivity index (χ2n) is 6.38. The fourth-order valence-electron chi connectivity index (χ4n) is 2.66. The number of hydrogen-bond acceptors (Lipinski definition) is 8. The first kappa shape index (κ1) is 22.6. The number of amides is 2. The van der Waals surface area contributed by atoms with Crippen LogP contribution in [0.15, 0.2) is 54.6 Å². The summed E-state index contributed by atoms with van der Waals surface area (Å²) in [5.74, 6) is -0.127. The van der Waals surface area contributed by atoms with E-state index in [-0.39, 0.29) is 16.7 Å². The van der Waals surface area contributed by atoms with E-state index in [1.807, 2.05) is 0 Å². The number of carbonyl (C=O) groups is 2. The van der Waals surface area contributed by atoms with E-state index in [2.05, 4.69) is 20.8 Å². The topological polar surface area (TPSA) is 136 Å². The molecule has 0 saturated carbocycles. The van der Waals surface area contributed by atoms with E-state index in [4.69, 9.17) is 4.74 Å². The van der Waals surface area contributed by atoms with Crippen LogP contribution < -0.4 is 15.4 Å². The molecule has 0 fully saturated rings. The molecule has 0 spiro atoms. The molecular formula is C21H19N5O5S. The van der Waals surface area contributed by atoms with Crippen LogP contribution in [0.4, 0.5) is 10.8 Å². The molecule has 164 valence electrons. The van der Waals surface area contributed by atoms with Gasteiger partial charge in [0.25, 0.3) is 11.6 Å². The number of methoxy groups -OCH3 is 1. The summed E-state index contributed by atoms with van der Waals surface area (Å²) in [4.78, 5) is 34.8. The third-order valence-corrected chi connectivity index (χ3v) is 5.10. The van der Waals surface area contributed by atoms with E-state index >= 15 is 0 Å². The molecule has 0 aliphatic rings. The van der Waals surface area contributed by atoms with Crippen LogP contribution in [0.1, 0.15) is 20.9 Å². The maximum Gasteiger partial charge on any atom is 0.276 e. The highest BCUT2D eigenvalue weighted by atomic mass is 32.1. The van der Waals surface area contributed by atoms with Crippen LogP contribution in [0.5, 0.6) is 5.75 Å². The summed E-state index contributed by atoms with van der Waals surface area (Å²) in [5, 5.41) is 25.2. The first-order valence-electron chi connectivity index (χ1n) is 9.43. The number of anilines is 1. The summed E-state index contributed by atoms with van der Waals surface area (Å²) in [6.07, 6.45) is 3.00. The molecule has 0 radical (unpaired) electrons. The second-order valence-corrected chi connectivity index (χ2v) is 7.44. The van der Waals surface area contributed by atoms with Crippen molar-refractivity contribution in [3.63, 3.8) is 0 Å². The van der Waals surface area contributed by atoms with Crippen molar-refractivity contribution in [1.82, 2.24) is 15.5 Å². The molecule has 11 heteroatoms. The number of para-hydroxylation sites is 1. The summed E-state index contributed by atoms with van der Waals surface area (Å²) in [6, 6.07) is 12.9. The van der Waals surface area contributed by atoms with E-state index in [9.17, 15) is 19.7 Å². The van der Waals surface area contributed by atoms with Crippen LogP contribution in [0.3, 0.4) is 0 Å². The van der Waals surface area contributed by atoms with Crippen molar-refractivity contribution >= 4 is 40.0 Å². The lowest BCUT2D eigenvalue weighted by molar-refractivity contribution is -0.385. The van der Waals surface area contributed by atoms with Crippen LogP contribution in [-0.2, 0) is 11.2 Å². The zero-order valence-electron chi connectivity index (χ0n) is 17.0. The lowest BCUT2D eigenvalue weighted by atomic mass is 10.1. The minimum atomic E-state index is -0.512. The van der Waals surface area contributed by atoms with Gasteiger partial charge < -0.3 is 10.1 Å². The average Bonchev–Trinajstić information content (AvgIpc) is 3.24. The number of nitrogens with one attached hydrogen (secondary N) is 2. The van der Waals surface area contributed by atoms with Gasteiger partial charge in [-0.1, -0.05) is 29.5 Å². The fourth-order valence-corrected chi connectivity index (χ4v) is 3.40. The number of nitrogens with zero attached hydrogens (tertiary/aromatic N) is 3. The summed E-state index contributed by atoms with van der Waals surface area (Å²) < 4.78 is 5.11. The molecule has 0 aliphatic carbocycles. The smallest absolute Gasteiger partial charge is 0.276 e. The normalized spacial score (nSPS) is 10.7. The molecule has 3 aromatic rings. The van der Waals surface area contributed by atoms with Gasteiger partial charge in [-0.15, -0.1) is 10.2 Å². The number of nitro benzene ring substituents is 1. The van der Waals surface area contributed by atoms with Gasteiger partial charge in [-0.2, -0.15) is 0 Å². The number of rotatable bonds is 9. The van der Waals surface area contributed by atoms with Crippen LogP contribution in [-0.4, -0.2) is 40.6 Å². The van der Waals surface area contributed by atoms with Gasteiger partial charge in [0, 0.05) is 30.7 Å². The number of ether oxygens (including phenoxy) is 1. The molecule has 0 aliphatic heterocycles. The molecule has 3 rings (SSSR count). The van der Waals surface area contributed by atoms with E-state index in [0.717, 1.165) is 0 Å². The highest BCUT2D eigenvalue weighted by Gasteiger charge is 2.11. The lowest BCUT2D eigenvalue weighted by Gasteiger charge is -2.05. The number of nitro groups is 1. The minimum absolute atomic E-state index is 0.0919. The molecular weight excluding hydrogens is 434 g/mol. The highest BCUT2D eigenvalue weighted by Crippen LogP contribution is 2.20. The summed E-state index contributed by atoms with van der Waals surface area (Å²) in [6.45, 7) is 0.343. The molecule has 0 unspecified atom stereocenters. The van der Waals surface area contributed by atoms with Gasteiger partial charge in [0.1, 0.15) is 10.8 Å². The molecule has 0 atom stereocenters. The number of benzene rings is 2. The monoisotopic (exact) mass is 453 g/mol. The van der Waals surface area contributed by atoms with Gasteiger partial charge >= 0.3 is 0 Å². The number of carbonyl (C=O) groups excluding carboxylic acids is 2. The summed E-state index contributed by atoms with van der Waals surface area (Å²) in [5.41, 5.74) is 0.711. The van der Waals surface area contributed by atoms with Crippen molar-refractivity contribution in [2.24, 2.45) is 0 Å². The van der Waals surface area contributed by atoms with Gasteiger partial charge in [-0.05, 0) is 30.3 Å². The Labute approximate surface area is 187 Å². The highest BCUT2D eigenvalue weighted by molar-refractivity contribution is 7.15. The van der Waals surface area contributed by atoms with Crippen molar-refractivity contribution in [3.8, 4) is 5.75 Å². The van der Waals surface area contributed by atoms with Gasteiger partial charge in [-0.3, -0.25) is 25.0 Å². The Morgan fingerprint density at radius 2 is 2.00 bits per heavy atom. The van der Waals surface area contributed by atoms with E-state index < -0.39 is 10.8 Å². The van der Waals surface area contributed by atoms with E-state index in [1.165, 1.54) is 36.7 Å². The zero-order valence-corrected chi connectivity index (χ0v) is 17.8. The molecule has 0 saturated heterocycles. The quantitative estimate of drug-likeness (QED) is 0.289. The molecule has 10 nitrogen and oxygen atoms in total. The van der Waals surface area contributed by atoms with Crippen LogP contribution in [0.2, 0.25) is 0 Å². The number of aromatic nitrogens is 2. The standard InChI is InChI=1S/C21H19N5O5S/c1-31-16-7-4-6-15(13-16)20(28)22-12-11-19-24-25-21(32-19)23-18(27)10-9-14-5-2-3-8-17(14)26(29)30/h2-10,13H,11-12H2,1H3,(H,22,28)(H,23,25,27)/b10-9+. The van der Waals surface area contributed by atoms with E-state index in [0.29, 0.717) is 34.8 Å². The van der Waals surface area contributed by atoms with E-state index in [1.54, 1.807) is 42.5 Å². The van der Waals surface area contributed by atoms with Gasteiger partial charge in [0.15, 0.2) is 0 Å². The zero-order chi connectivity index (χ0) is 22.9. The summed E-state index contributed by atoms with van der Waals surface area (Å²) in [7, 11) is 1.53. The average molecular weight is 453 g/mol. The fraction of sp³-hybridized carbons (Fsp3) is 0.143. The van der Waals surface area contributed by atoms with Crippen molar-refractivity contribution in [2.75, 3.05) is 19.0 Å². The Balaban J connectivity index is 1.50. The predicted octanol–water partition coefficient (Wildman–Crippen LogP) is 3.08. The van der Waals surface area contributed by atoms with Crippen molar-refractivity contribution in [1.29, 1.82) is 0 Å². The van der Waals surface area contributed by atoms with Crippen molar-refractivity contribution < 1.29 is 19.2 Å². The summed E-state index contributed by atoms with van der Waals surface area (Å²) >= 11 is 1.18. The van der Waals surface area contributed by atoms with Gasteiger partial charge in [0.05, 0.1) is 17.6 Å². The minimum Gasteiger partial charge on any atom is -0.497 e. The van der Waals surface area contributed by atoms with Crippen molar-refractivity contribution in [2.45, 2.75) is 6.42 Å². The lowest BCUT2D eigenvalue weighted by Crippen LogP contribution is -2.25. The molecule has 2 aromatic carbocycles. The van der Waals surface area contributed by atoms with Crippen molar-refractivity contribution in [3.05, 3.63) is 80.9 Å². The van der Waals surface area contributed by atoms with Gasteiger partial charge in [0.2, 0.25) is 11.0 Å². The number of hydrogen-bond donors (Lipinski definition) is 2. The first-order valence-corrected chi connectivity index (χ1v) is 10.2. The Hall–Kier alpha value is -4.12. The van der Waals surface area contributed by atoms with Gasteiger partial charge in [-0.25, -0.2) is 0 Å². The Morgan fingerprint density at radius 3 is 2.78 bits per heavy atom. The Kier molecular flexibility index (Phi) is 7.60. The van der Waals surface area contributed by atoms with Crippen LogP contribution in [0.25, 0.3) is 6.08 Å². The Morgan fingerprint density at radius 1 is 1.19 bits per heavy atom. The van der Waals surface area contributed by atoms with Crippen LogP contribution >= 0.6 is 11.3 Å². The molecule has 2 amide bonds. The molecule has 1 heterocycles. The predicted molar refractivity (Wildman–Crippen MR) is 120 cm³/mol. The maximum absolute atomic E-state index is 12.2. The molecule has 1 aromatic heterocycles. The molecule has 32 heavy (non-hydrogen) atoms. The van der Waals surface area contributed by atoms with Crippen LogP contribution in [0, 0.1) is 10.1 Å². The second kappa shape index (κ2) is 10.8. The maximum atomic E-state index is 12.2. The third-order valence-electron chi connectivity index (χ3n) is 4.20.